The van der Waals surface area contributed by atoms with Crippen molar-refractivity contribution in [2.75, 3.05) is 0 Å². The van der Waals surface area contributed by atoms with Crippen LogP contribution in [0.3, 0.4) is 0 Å². The average molecular weight is 208 g/mol. The van der Waals surface area contributed by atoms with Crippen molar-refractivity contribution in [1.29, 1.82) is 0 Å². The van der Waals surface area contributed by atoms with Crippen LogP contribution in [0.1, 0.15) is 65.7 Å². The van der Waals surface area contributed by atoms with Gasteiger partial charge in [-0.3, -0.25) is 0 Å². The Morgan fingerprint density at radius 2 is 1.73 bits per heavy atom. The summed E-state index contributed by atoms with van der Waals surface area (Å²) < 4.78 is 0. The molecule has 0 aromatic heterocycles. The highest BCUT2D eigenvalue weighted by atomic mass is 14.4. The first kappa shape index (κ1) is 11.5. The van der Waals surface area contributed by atoms with E-state index < -0.39 is 0 Å². The van der Waals surface area contributed by atoms with Gasteiger partial charge in [0.1, 0.15) is 0 Å². The largest absolute Gasteiger partial charge is 0.0651 e. The predicted octanol–water partition coefficient (Wildman–Crippen LogP) is 4.89. The van der Waals surface area contributed by atoms with E-state index in [1.165, 1.54) is 25.7 Å². The lowest BCUT2D eigenvalue weighted by Crippen LogP contribution is -2.38. The molecule has 2 aliphatic rings. The maximum Gasteiger partial charge on any atom is -0.0355 e. The Balaban J connectivity index is 2.07. The van der Waals surface area contributed by atoms with Gasteiger partial charge in [0.05, 0.1) is 0 Å². The number of rotatable bonds is 2. The maximum atomic E-state index is 2.44. The van der Waals surface area contributed by atoms with Gasteiger partial charge in [-0.2, -0.15) is 0 Å². The summed E-state index contributed by atoms with van der Waals surface area (Å²) in [6.07, 6.45) is 10.6. The zero-order valence-electron chi connectivity index (χ0n) is 10.8. The third-order valence-corrected chi connectivity index (χ3v) is 5.27. The van der Waals surface area contributed by atoms with E-state index >= 15 is 0 Å². The van der Waals surface area contributed by atoms with Gasteiger partial charge in [-0.1, -0.05) is 46.5 Å². The molecule has 4 unspecified atom stereocenters. The molecule has 0 heterocycles. The van der Waals surface area contributed by atoms with E-state index in [1.54, 1.807) is 19.3 Å². The first-order valence-corrected chi connectivity index (χ1v) is 7.24. The Kier molecular flexibility index (Phi) is 3.74. The van der Waals surface area contributed by atoms with E-state index in [2.05, 4.69) is 20.8 Å². The Bertz CT molecular complexity index is 194. The fourth-order valence-corrected chi connectivity index (χ4v) is 4.53. The lowest BCUT2D eigenvalue weighted by Gasteiger charge is -2.47. The van der Waals surface area contributed by atoms with E-state index in [0.29, 0.717) is 0 Å². The Morgan fingerprint density at radius 1 is 1.00 bits per heavy atom. The number of hydrogen-bond acceptors (Lipinski definition) is 0. The fourth-order valence-electron chi connectivity index (χ4n) is 4.53. The van der Waals surface area contributed by atoms with Crippen molar-refractivity contribution in [2.24, 2.45) is 29.6 Å². The minimum atomic E-state index is 0.915. The van der Waals surface area contributed by atoms with Crippen molar-refractivity contribution in [2.45, 2.75) is 65.7 Å². The minimum absolute atomic E-state index is 0.915. The minimum Gasteiger partial charge on any atom is -0.0651 e. The quantitative estimate of drug-likeness (QED) is 0.606. The molecule has 2 saturated carbocycles. The highest BCUT2D eigenvalue weighted by molar-refractivity contribution is 4.89. The molecule has 0 heteroatoms. The molecule has 0 spiro atoms. The van der Waals surface area contributed by atoms with E-state index in [1.807, 2.05) is 0 Å². The molecule has 0 aromatic carbocycles. The molecule has 88 valence electrons. The van der Waals surface area contributed by atoms with Crippen molar-refractivity contribution in [3.8, 4) is 0 Å². The molecule has 2 rings (SSSR count). The van der Waals surface area contributed by atoms with Crippen molar-refractivity contribution in [1.82, 2.24) is 0 Å². The summed E-state index contributed by atoms with van der Waals surface area (Å²) in [6, 6.07) is 0. The lowest BCUT2D eigenvalue weighted by atomic mass is 9.59. The van der Waals surface area contributed by atoms with Gasteiger partial charge in [-0.05, 0) is 48.9 Å². The van der Waals surface area contributed by atoms with Crippen molar-refractivity contribution in [3.05, 3.63) is 0 Å². The number of hydrogen-bond donors (Lipinski definition) is 0. The molecule has 0 aromatic rings. The topological polar surface area (TPSA) is 0 Å². The Morgan fingerprint density at radius 3 is 2.40 bits per heavy atom. The van der Waals surface area contributed by atoms with Crippen LogP contribution in [0.25, 0.3) is 0 Å². The normalized spacial score (nSPS) is 41.6. The SMILES string of the molecule is CCC1C(C(C)C)CCC2CCCCC21. The molecule has 2 fully saturated rings. The van der Waals surface area contributed by atoms with Crippen LogP contribution < -0.4 is 0 Å². The van der Waals surface area contributed by atoms with Gasteiger partial charge in [-0.15, -0.1) is 0 Å². The number of fused-ring (bicyclic) bond motifs is 1. The Labute approximate surface area is 95.8 Å². The van der Waals surface area contributed by atoms with E-state index in [0.717, 1.165) is 29.6 Å². The van der Waals surface area contributed by atoms with Gasteiger partial charge >= 0.3 is 0 Å². The van der Waals surface area contributed by atoms with Gasteiger partial charge in [0.25, 0.3) is 0 Å². The monoisotopic (exact) mass is 208 g/mol. The summed E-state index contributed by atoms with van der Waals surface area (Å²) in [4.78, 5) is 0. The molecule has 0 aliphatic heterocycles. The van der Waals surface area contributed by atoms with Crippen LogP contribution in [0.4, 0.5) is 0 Å². The molecule has 0 amide bonds. The second-order valence-corrected chi connectivity index (χ2v) is 6.27. The molecule has 0 N–H and O–H groups in total. The predicted molar refractivity (Wildman–Crippen MR) is 66.8 cm³/mol. The molecule has 4 atom stereocenters. The molecule has 0 bridgehead atoms. The molecule has 0 saturated heterocycles. The summed E-state index contributed by atoms with van der Waals surface area (Å²) in [5, 5.41) is 0. The summed E-state index contributed by atoms with van der Waals surface area (Å²) in [7, 11) is 0. The highest BCUT2D eigenvalue weighted by Crippen LogP contribution is 2.49. The third-order valence-electron chi connectivity index (χ3n) is 5.27. The van der Waals surface area contributed by atoms with E-state index in [9.17, 15) is 0 Å². The second kappa shape index (κ2) is 4.89. The molecule has 15 heavy (non-hydrogen) atoms. The smallest absolute Gasteiger partial charge is 0.0355 e. The molecule has 0 radical (unpaired) electrons. The van der Waals surface area contributed by atoms with Crippen LogP contribution in [0.2, 0.25) is 0 Å². The zero-order valence-corrected chi connectivity index (χ0v) is 10.8. The summed E-state index contributed by atoms with van der Waals surface area (Å²) in [5.41, 5.74) is 0. The van der Waals surface area contributed by atoms with Crippen molar-refractivity contribution < 1.29 is 0 Å². The van der Waals surface area contributed by atoms with Crippen molar-refractivity contribution in [3.63, 3.8) is 0 Å². The maximum absolute atomic E-state index is 2.44. The van der Waals surface area contributed by atoms with E-state index in [4.69, 9.17) is 0 Å². The molecular formula is C15H28. The third kappa shape index (κ3) is 2.24. The second-order valence-electron chi connectivity index (χ2n) is 6.27. The Hall–Kier alpha value is 0. The molecule has 0 nitrogen and oxygen atoms in total. The summed E-state index contributed by atoms with van der Waals surface area (Å²) in [6.45, 7) is 7.31. The summed E-state index contributed by atoms with van der Waals surface area (Å²) >= 11 is 0. The van der Waals surface area contributed by atoms with Crippen LogP contribution in [-0.2, 0) is 0 Å². The first-order chi connectivity index (χ1) is 7.24. The van der Waals surface area contributed by atoms with Crippen LogP contribution in [0.15, 0.2) is 0 Å². The van der Waals surface area contributed by atoms with Gasteiger partial charge in [0, 0.05) is 0 Å². The molecular weight excluding hydrogens is 180 g/mol. The van der Waals surface area contributed by atoms with E-state index in [-0.39, 0.29) is 0 Å². The van der Waals surface area contributed by atoms with Crippen LogP contribution >= 0.6 is 0 Å². The van der Waals surface area contributed by atoms with Crippen LogP contribution in [-0.4, -0.2) is 0 Å². The zero-order chi connectivity index (χ0) is 10.8. The van der Waals surface area contributed by atoms with Gasteiger partial charge in [0.2, 0.25) is 0 Å². The summed E-state index contributed by atoms with van der Waals surface area (Å²) in [5.74, 6) is 5.22. The highest BCUT2D eigenvalue weighted by Gasteiger charge is 2.39. The average Bonchev–Trinajstić information content (AvgIpc) is 2.27. The van der Waals surface area contributed by atoms with Gasteiger partial charge < -0.3 is 0 Å². The van der Waals surface area contributed by atoms with Crippen LogP contribution in [0, 0.1) is 29.6 Å². The van der Waals surface area contributed by atoms with Crippen LogP contribution in [0.5, 0.6) is 0 Å². The lowest BCUT2D eigenvalue weighted by molar-refractivity contribution is 0.0310. The van der Waals surface area contributed by atoms with Gasteiger partial charge in [0.15, 0.2) is 0 Å². The fraction of sp³-hybridized carbons (Fsp3) is 1.00. The first-order valence-electron chi connectivity index (χ1n) is 7.24. The van der Waals surface area contributed by atoms with Gasteiger partial charge in [-0.25, -0.2) is 0 Å². The van der Waals surface area contributed by atoms with Crippen molar-refractivity contribution >= 4 is 0 Å². The standard InChI is InChI=1S/C15H28/c1-4-13-14(11(2)3)10-9-12-7-5-6-8-15(12)13/h11-15H,4-10H2,1-3H3. The molecule has 2 aliphatic carbocycles.